The number of sulfonamides is 1. The maximum absolute atomic E-state index is 13.0. The number of pyridine rings is 1. The highest BCUT2D eigenvalue weighted by molar-refractivity contribution is 7.89. The Morgan fingerprint density at radius 1 is 1.23 bits per heavy atom. The Morgan fingerprint density at radius 3 is 2.92 bits per heavy atom. The van der Waals surface area contributed by atoms with Gasteiger partial charge in [0.2, 0.25) is 10.0 Å². The number of aromatic nitrogens is 3. The summed E-state index contributed by atoms with van der Waals surface area (Å²) in [7, 11) is -3.73. The summed E-state index contributed by atoms with van der Waals surface area (Å²) in [5.74, 6) is 0. The molecule has 0 spiro atoms. The van der Waals surface area contributed by atoms with Crippen molar-refractivity contribution in [3.63, 3.8) is 0 Å². The molecule has 134 valence electrons. The molecule has 1 aromatic carbocycles. The molecule has 2 heterocycles. The lowest BCUT2D eigenvalue weighted by atomic mass is 9.93. The molecule has 26 heavy (non-hydrogen) atoms. The molecule has 0 bridgehead atoms. The van der Waals surface area contributed by atoms with Gasteiger partial charge in [-0.3, -0.25) is 9.78 Å². The van der Waals surface area contributed by atoms with E-state index in [-0.39, 0.29) is 16.5 Å². The Labute approximate surface area is 150 Å². The molecule has 0 saturated carbocycles. The predicted molar refractivity (Wildman–Crippen MR) is 97.5 cm³/mol. The third kappa shape index (κ3) is 3.13. The number of aromatic amines is 1. The van der Waals surface area contributed by atoms with Gasteiger partial charge in [0.1, 0.15) is 4.90 Å². The van der Waals surface area contributed by atoms with Gasteiger partial charge in [0, 0.05) is 23.2 Å². The van der Waals surface area contributed by atoms with E-state index in [9.17, 15) is 13.2 Å². The zero-order chi connectivity index (χ0) is 18.3. The minimum atomic E-state index is -3.73. The number of hydrogen-bond acceptors (Lipinski definition) is 5. The largest absolute Gasteiger partial charge is 0.268 e. The van der Waals surface area contributed by atoms with Crippen LogP contribution in [0, 0.1) is 6.92 Å². The lowest BCUT2D eigenvalue weighted by Crippen LogP contribution is -2.39. The fourth-order valence-corrected chi connectivity index (χ4v) is 4.80. The van der Waals surface area contributed by atoms with E-state index in [0.29, 0.717) is 24.8 Å². The highest BCUT2D eigenvalue weighted by Gasteiger charge is 2.26. The average molecular weight is 370 g/mol. The molecule has 1 unspecified atom stereocenters. The SMILES string of the molecule is Cc1ccc2cccc(S(=O)(=O)NC3CCc4n[nH]c(=O)cc4C3)c2n1. The second-order valence-electron chi connectivity index (χ2n) is 6.55. The van der Waals surface area contributed by atoms with Gasteiger partial charge in [0.05, 0.1) is 11.2 Å². The van der Waals surface area contributed by atoms with Gasteiger partial charge < -0.3 is 0 Å². The van der Waals surface area contributed by atoms with Crippen molar-refractivity contribution in [2.75, 3.05) is 0 Å². The third-order valence-electron chi connectivity index (χ3n) is 4.61. The summed E-state index contributed by atoms with van der Waals surface area (Å²) in [6, 6.07) is 10.1. The minimum absolute atomic E-state index is 0.175. The van der Waals surface area contributed by atoms with E-state index >= 15 is 0 Å². The molecular formula is C18H18N4O3S. The quantitative estimate of drug-likeness (QED) is 0.726. The van der Waals surface area contributed by atoms with Crippen LogP contribution in [0.25, 0.3) is 10.9 Å². The lowest BCUT2D eigenvalue weighted by molar-refractivity contribution is 0.499. The summed E-state index contributed by atoms with van der Waals surface area (Å²) >= 11 is 0. The molecular weight excluding hydrogens is 352 g/mol. The van der Waals surface area contributed by atoms with Crippen LogP contribution in [0.3, 0.4) is 0 Å². The smallest absolute Gasteiger partial charge is 0.264 e. The van der Waals surface area contributed by atoms with Crippen LogP contribution in [0.4, 0.5) is 0 Å². The first kappa shape index (κ1) is 16.9. The van der Waals surface area contributed by atoms with Crippen molar-refractivity contribution in [3.8, 4) is 0 Å². The first-order chi connectivity index (χ1) is 12.4. The van der Waals surface area contributed by atoms with Crippen LogP contribution in [0.5, 0.6) is 0 Å². The summed E-state index contributed by atoms with van der Waals surface area (Å²) in [5.41, 5.74) is 2.56. The zero-order valence-corrected chi connectivity index (χ0v) is 15.0. The first-order valence-corrected chi connectivity index (χ1v) is 9.87. The molecule has 7 nitrogen and oxygen atoms in total. The van der Waals surface area contributed by atoms with Crippen LogP contribution < -0.4 is 10.3 Å². The Balaban J connectivity index is 1.66. The number of benzene rings is 1. The highest BCUT2D eigenvalue weighted by Crippen LogP contribution is 2.24. The van der Waals surface area contributed by atoms with Crippen molar-refractivity contribution >= 4 is 20.9 Å². The molecule has 0 fully saturated rings. The number of rotatable bonds is 3. The number of H-pyrrole nitrogens is 1. The van der Waals surface area contributed by atoms with Gasteiger partial charge in [-0.05, 0) is 43.9 Å². The van der Waals surface area contributed by atoms with E-state index in [0.717, 1.165) is 22.3 Å². The molecule has 0 aliphatic heterocycles. The summed E-state index contributed by atoms with van der Waals surface area (Å²) < 4.78 is 28.7. The maximum atomic E-state index is 13.0. The lowest BCUT2D eigenvalue weighted by Gasteiger charge is -2.24. The summed E-state index contributed by atoms with van der Waals surface area (Å²) in [6.45, 7) is 1.83. The molecule has 2 aromatic heterocycles. The Kier molecular flexibility index (Phi) is 4.08. The molecule has 0 saturated heterocycles. The second kappa shape index (κ2) is 6.30. The van der Waals surface area contributed by atoms with Gasteiger partial charge in [-0.1, -0.05) is 18.2 Å². The van der Waals surface area contributed by atoms with Gasteiger partial charge in [-0.15, -0.1) is 0 Å². The first-order valence-electron chi connectivity index (χ1n) is 8.38. The number of fused-ring (bicyclic) bond motifs is 2. The van der Waals surface area contributed by atoms with Crippen molar-refractivity contribution < 1.29 is 8.42 Å². The van der Waals surface area contributed by atoms with E-state index in [2.05, 4.69) is 19.9 Å². The fourth-order valence-electron chi connectivity index (χ4n) is 3.36. The molecule has 2 N–H and O–H groups in total. The van der Waals surface area contributed by atoms with Gasteiger partial charge in [0.15, 0.2) is 0 Å². The number of nitrogens with one attached hydrogen (secondary N) is 2. The molecule has 3 aromatic rings. The Morgan fingerprint density at radius 2 is 2.08 bits per heavy atom. The molecule has 4 rings (SSSR count). The van der Waals surface area contributed by atoms with Crippen molar-refractivity contribution in [3.05, 3.63) is 63.7 Å². The van der Waals surface area contributed by atoms with Gasteiger partial charge in [-0.2, -0.15) is 5.10 Å². The molecule has 1 aliphatic carbocycles. The summed E-state index contributed by atoms with van der Waals surface area (Å²) in [5, 5.41) is 7.24. The van der Waals surface area contributed by atoms with E-state index in [1.807, 2.05) is 25.1 Å². The minimum Gasteiger partial charge on any atom is -0.268 e. The topological polar surface area (TPSA) is 105 Å². The molecule has 1 atom stereocenters. The van der Waals surface area contributed by atoms with E-state index in [1.54, 1.807) is 12.1 Å². The van der Waals surface area contributed by atoms with E-state index in [4.69, 9.17) is 0 Å². The molecule has 8 heteroatoms. The molecule has 0 amide bonds. The van der Waals surface area contributed by atoms with Crippen molar-refractivity contribution in [2.24, 2.45) is 0 Å². The summed E-state index contributed by atoms with van der Waals surface area (Å²) in [4.78, 5) is 16.1. The Bertz CT molecular complexity index is 1150. The average Bonchev–Trinajstić information content (AvgIpc) is 2.60. The molecule has 0 radical (unpaired) electrons. The number of para-hydroxylation sites is 1. The van der Waals surface area contributed by atoms with Crippen LogP contribution >= 0.6 is 0 Å². The number of aryl methyl sites for hydroxylation is 2. The normalized spacial score (nSPS) is 17.2. The van der Waals surface area contributed by atoms with Crippen LogP contribution in [-0.2, 0) is 22.9 Å². The zero-order valence-electron chi connectivity index (χ0n) is 14.2. The van der Waals surface area contributed by atoms with Crippen LogP contribution in [-0.4, -0.2) is 29.6 Å². The van der Waals surface area contributed by atoms with Crippen molar-refractivity contribution in [2.45, 2.75) is 37.1 Å². The van der Waals surface area contributed by atoms with E-state index in [1.165, 1.54) is 6.07 Å². The monoisotopic (exact) mass is 370 g/mol. The van der Waals surface area contributed by atoms with Gasteiger partial charge >= 0.3 is 0 Å². The van der Waals surface area contributed by atoms with Crippen LogP contribution in [0.2, 0.25) is 0 Å². The second-order valence-corrected chi connectivity index (χ2v) is 8.23. The van der Waals surface area contributed by atoms with Gasteiger partial charge in [0.25, 0.3) is 5.56 Å². The van der Waals surface area contributed by atoms with Gasteiger partial charge in [-0.25, -0.2) is 18.2 Å². The number of nitrogens with zero attached hydrogens (tertiary/aromatic N) is 2. The predicted octanol–water partition coefficient (Wildman–Crippen LogP) is 1.46. The highest BCUT2D eigenvalue weighted by atomic mass is 32.2. The Hall–Kier alpha value is -2.58. The van der Waals surface area contributed by atoms with Crippen molar-refractivity contribution in [1.29, 1.82) is 0 Å². The summed E-state index contributed by atoms with van der Waals surface area (Å²) in [6.07, 6.45) is 1.69. The van der Waals surface area contributed by atoms with Crippen LogP contribution in [0.15, 0.2) is 46.1 Å². The van der Waals surface area contributed by atoms with Crippen molar-refractivity contribution in [1.82, 2.24) is 19.9 Å². The third-order valence-corrected chi connectivity index (χ3v) is 6.16. The number of hydrogen-bond donors (Lipinski definition) is 2. The fraction of sp³-hybridized carbons (Fsp3) is 0.278. The standard InChI is InChI=1S/C18H18N4O3S/c1-11-5-6-12-3-2-4-16(18(12)19-11)26(24,25)22-14-7-8-15-13(9-14)10-17(23)21-20-15/h2-6,10,14,22H,7-9H2,1H3,(H,21,23). The van der Waals surface area contributed by atoms with E-state index < -0.39 is 10.0 Å². The molecule has 1 aliphatic rings. The van der Waals surface area contributed by atoms with Crippen LogP contribution in [0.1, 0.15) is 23.4 Å². The maximum Gasteiger partial charge on any atom is 0.264 e.